The highest BCUT2D eigenvalue weighted by Crippen LogP contribution is 2.50. The SMILES string of the molecule is CCCCCCc1ccc2c(c1)sc1c2sc2c3cc(CCCCCC)ccc3sc21. The number of hydrogen-bond acceptors (Lipinski definition) is 3. The summed E-state index contributed by atoms with van der Waals surface area (Å²) in [4.78, 5) is 0. The molecular weight excluding hydrogens is 433 g/mol. The van der Waals surface area contributed by atoms with Crippen LogP contribution in [0.15, 0.2) is 36.4 Å². The molecule has 0 atom stereocenters. The largest absolute Gasteiger partial charge is 0.133 e. The second kappa shape index (κ2) is 9.60. The van der Waals surface area contributed by atoms with Crippen LogP contribution in [-0.2, 0) is 12.8 Å². The molecule has 0 amide bonds. The summed E-state index contributed by atoms with van der Waals surface area (Å²) in [7, 11) is 0. The molecule has 162 valence electrons. The first-order valence-electron chi connectivity index (χ1n) is 12.1. The Kier molecular flexibility index (Phi) is 6.64. The fourth-order valence-electron chi connectivity index (χ4n) is 4.67. The molecule has 5 aromatic rings. The van der Waals surface area contributed by atoms with Crippen molar-refractivity contribution in [1.82, 2.24) is 0 Å². The second-order valence-electron chi connectivity index (χ2n) is 8.91. The predicted octanol–water partition coefficient (Wildman–Crippen LogP) is 10.7. The zero-order valence-electron chi connectivity index (χ0n) is 18.8. The third-order valence-corrected chi connectivity index (χ3v) is 10.5. The van der Waals surface area contributed by atoms with E-state index in [0.717, 1.165) is 0 Å². The van der Waals surface area contributed by atoms with Gasteiger partial charge in [0.1, 0.15) is 0 Å². The smallest absolute Gasteiger partial charge is 0.0642 e. The van der Waals surface area contributed by atoms with E-state index in [2.05, 4.69) is 50.2 Å². The lowest BCUT2D eigenvalue weighted by molar-refractivity contribution is 0.667. The number of unbranched alkanes of at least 4 members (excludes halogenated alkanes) is 6. The topological polar surface area (TPSA) is 0 Å². The highest BCUT2D eigenvalue weighted by molar-refractivity contribution is 7.43. The zero-order valence-corrected chi connectivity index (χ0v) is 21.2. The molecule has 3 aromatic heterocycles. The molecule has 5 rings (SSSR count). The van der Waals surface area contributed by atoms with Crippen molar-refractivity contribution in [2.75, 3.05) is 0 Å². The van der Waals surface area contributed by atoms with Crippen LogP contribution in [0.2, 0.25) is 0 Å². The zero-order chi connectivity index (χ0) is 21.2. The van der Waals surface area contributed by atoms with E-state index >= 15 is 0 Å². The molecular formula is C28H32S3. The van der Waals surface area contributed by atoms with Crippen molar-refractivity contribution in [2.45, 2.75) is 78.1 Å². The summed E-state index contributed by atoms with van der Waals surface area (Å²) in [5.74, 6) is 0. The molecule has 0 radical (unpaired) electrons. The molecule has 0 saturated carbocycles. The highest BCUT2D eigenvalue weighted by Gasteiger charge is 2.17. The first-order valence-corrected chi connectivity index (χ1v) is 14.5. The fourth-order valence-corrected chi connectivity index (χ4v) is 8.97. The summed E-state index contributed by atoms with van der Waals surface area (Å²) in [6.45, 7) is 4.57. The predicted molar refractivity (Wildman–Crippen MR) is 146 cm³/mol. The minimum absolute atomic E-state index is 1.22. The van der Waals surface area contributed by atoms with Crippen molar-refractivity contribution in [1.29, 1.82) is 0 Å². The van der Waals surface area contributed by atoms with Gasteiger partial charge in [-0.1, -0.05) is 70.6 Å². The molecule has 31 heavy (non-hydrogen) atoms. The Hall–Kier alpha value is -1.42. The van der Waals surface area contributed by atoms with E-state index < -0.39 is 0 Å². The number of benzene rings is 2. The van der Waals surface area contributed by atoms with E-state index in [-0.39, 0.29) is 0 Å². The molecule has 0 bridgehead atoms. The Morgan fingerprint density at radius 3 is 1.84 bits per heavy atom. The van der Waals surface area contributed by atoms with E-state index in [1.54, 1.807) is 0 Å². The summed E-state index contributed by atoms with van der Waals surface area (Å²) < 4.78 is 8.99. The molecule has 0 N–H and O–H groups in total. The van der Waals surface area contributed by atoms with Crippen molar-refractivity contribution in [2.24, 2.45) is 0 Å². The van der Waals surface area contributed by atoms with Gasteiger partial charge in [-0.15, -0.1) is 34.0 Å². The van der Waals surface area contributed by atoms with Gasteiger partial charge in [0, 0.05) is 20.2 Å². The minimum atomic E-state index is 1.22. The molecule has 3 heterocycles. The Morgan fingerprint density at radius 2 is 1.13 bits per heavy atom. The molecule has 0 nitrogen and oxygen atoms in total. The normalized spacial score (nSPS) is 12.2. The van der Waals surface area contributed by atoms with Crippen LogP contribution >= 0.6 is 34.0 Å². The molecule has 0 saturated heterocycles. The Bertz CT molecular complexity index is 1310. The highest BCUT2D eigenvalue weighted by atomic mass is 32.1. The monoisotopic (exact) mass is 464 g/mol. The Balaban J connectivity index is 1.46. The first kappa shape index (κ1) is 21.4. The minimum Gasteiger partial charge on any atom is -0.133 e. The Labute approximate surface area is 197 Å². The third-order valence-electron chi connectivity index (χ3n) is 6.46. The summed E-state index contributed by atoms with van der Waals surface area (Å²) in [6, 6.07) is 14.4. The van der Waals surface area contributed by atoms with Gasteiger partial charge >= 0.3 is 0 Å². The van der Waals surface area contributed by atoms with Crippen molar-refractivity contribution < 1.29 is 0 Å². The van der Waals surface area contributed by atoms with Crippen molar-refractivity contribution in [3.05, 3.63) is 47.5 Å². The van der Waals surface area contributed by atoms with E-state index in [1.165, 1.54) is 114 Å². The van der Waals surface area contributed by atoms with Gasteiger partial charge in [0.15, 0.2) is 0 Å². The third kappa shape index (κ3) is 4.29. The fraction of sp³-hybridized carbons (Fsp3) is 0.429. The van der Waals surface area contributed by atoms with Crippen LogP contribution < -0.4 is 0 Å². The van der Waals surface area contributed by atoms with Crippen molar-refractivity contribution >= 4 is 73.0 Å². The number of rotatable bonds is 10. The van der Waals surface area contributed by atoms with Gasteiger partial charge < -0.3 is 0 Å². The molecule has 0 unspecified atom stereocenters. The maximum atomic E-state index is 2.48. The van der Waals surface area contributed by atoms with Crippen LogP contribution in [-0.4, -0.2) is 0 Å². The lowest BCUT2D eigenvalue weighted by Gasteiger charge is -2.02. The maximum Gasteiger partial charge on any atom is 0.0642 e. The number of aryl methyl sites for hydroxylation is 2. The van der Waals surface area contributed by atoms with Gasteiger partial charge in [-0.3, -0.25) is 0 Å². The molecule has 0 aliphatic rings. The molecule has 3 heteroatoms. The van der Waals surface area contributed by atoms with Crippen LogP contribution in [0, 0.1) is 0 Å². The van der Waals surface area contributed by atoms with Crippen molar-refractivity contribution in [3.63, 3.8) is 0 Å². The lowest BCUT2D eigenvalue weighted by atomic mass is 10.0. The molecule has 0 aliphatic carbocycles. The van der Waals surface area contributed by atoms with Gasteiger partial charge in [0.25, 0.3) is 0 Å². The van der Waals surface area contributed by atoms with Gasteiger partial charge in [-0.05, 0) is 55.0 Å². The van der Waals surface area contributed by atoms with E-state index in [0.29, 0.717) is 0 Å². The first-order chi connectivity index (χ1) is 15.3. The summed E-state index contributed by atoms with van der Waals surface area (Å²) in [5, 5.41) is 2.96. The van der Waals surface area contributed by atoms with E-state index in [4.69, 9.17) is 0 Å². The lowest BCUT2D eigenvalue weighted by Crippen LogP contribution is -1.85. The van der Waals surface area contributed by atoms with Crippen LogP contribution in [0.25, 0.3) is 39.0 Å². The van der Waals surface area contributed by atoms with Crippen LogP contribution in [0.4, 0.5) is 0 Å². The molecule has 0 fully saturated rings. The standard InChI is InChI=1S/C28H32S3/c1-3-5-7-9-11-19-14-16-23-22(17-19)26-28(29-23)27-25(31-26)21-15-13-20(18-24(21)30-27)12-10-8-6-4-2/h13-18H,3-12H2,1-2H3. The molecule has 0 spiro atoms. The van der Waals surface area contributed by atoms with E-state index in [9.17, 15) is 0 Å². The van der Waals surface area contributed by atoms with Crippen LogP contribution in [0.3, 0.4) is 0 Å². The quantitative estimate of drug-likeness (QED) is 0.180. The summed E-state index contributed by atoms with van der Waals surface area (Å²) >= 11 is 6.04. The summed E-state index contributed by atoms with van der Waals surface area (Å²) in [6.07, 6.45) is 13.1. The maximum absolute atomic E-state index is 2.48. The van der Waals surface area contributed by atoms with Gasteiger partial charge in [0.2, 0.25) is 0 Å². The van der Waals surface area contributed by atoms with Crippen molar-refractivity contribution in [3.8, 4) is 0 Å². The van der Waals surface area contributed by atoms with Gasteiger partial charge in [-0.25, -0.2) is 0 Å². The average molecular weight is 465 g/mol. The van der Waals surface area contributed by atoms with Crippen LogP contribution in [0.5, 0.6) is 0 Å². The van der Waals surface area contributed by atoms with E-state index in [1.807, 2.05) is 34.0 Å². The Morgan fingerprint density at radius 1 is 0.516 bits per heavy atom. The van der Waals surface area contributed by atoms with Gasteiger partial charge in [0.05, 0.1) is 18.8 Å². The number of thiophene rings is 3. The summed E-state index contributed by atoms with van der Waals surface area (Å²) in [5.41, 5.74) is 3.02. The molecule has 2 aromatic carbocycles. The average Bonchev–Trinajstić information content (AvgIpc) is 3.42. The van der Waals surface area contributed by atoms with Crippen LogP contribution in [0.1, 0.15) is 76.3 Å². The number of fused-ring (bicyclic) bond motifs is 7. The second-order valence-corrected chi connectivity index (χ2v) is 12.0. The van der Waals surface area contributed by atoms with Gasteiger partial charge in [-0.2, -0.15) is 0 Å². The number of hydrogen-bond donors (Lipinski definition) is 0. The molecule has 0 aliphatic heterocycles.